The number of benzene rings is 2. The summed E-state index contributed by atoms with van der Waals surface area (Å²) in [5.41, 5.74) is 4.54. The van der Waals surface area contributed by atoms with Gasteiger partial charge in [0.15, 0.2) is 0 Å². The Labute approximate surface area is 127 Å². The molecule has 112 valence electrons. The van der Waals surface area contributed by atoms with Crippen molar-refractivity contribution in [3.63, 3.8) is 0 Å². The Balaban J connectivity index is 2.19. The van der Waals surface area contributed by atoms with Crippen LogP contribution >= 0.6 is 0 Å². The molecule has 2 N–H and O–H groups in total. The number of rotatable bonds is 3. The number of aryl methyl sites for hydroxylation is 1. The summed E-state index contributed by atoms with van der Waals surface area (Å²) in [5, 5.41) is 9.77. The molecule has 3 aromatic rings. The van der Waals surface area contributed by atoms with E-state index in [9.17, 15) is 9.90 Å². The molecule has 0 bridgehead atoms. The Morgan fingerprint density at radius 1 is 1.32 bits per heavy atom. The maximum Gasteiger partial charge on any atom is 0.337 e. The number of H-pyrrole nitrogens is 1. The van der Waals surface area contributed by atoms with Crippen LogP contribution in [0.4, 0.5) is 0 Å². The molecular formula is C17H16N2O3. The molecule has 0 fully saturated rings. The van der Waals surface area contributed by atoms with Crippen LogP contribution < -0.4 is 0 Å². The normalized spacial score (nSPS) is 10.9. The smallest absolute Gasteiger partial charge is 0.337 e. The quantitative estimate of drug-likeness (QED) is 0.729. The van der Waals surface area contributed by atoms with Crippen molar-refractivity contribution in [2.75, 3.05) is 7.11 Å². The predicted molar refractivity (Wildman–Crippen MR) is 83.5 cm³/mol. The summed E-state index contributed by atoms with van der Waals surface area (Å²) in [6, 6.07) is 11.0. The number of carbonyl (C=O) groups excluding carboxylic acids is 1. The highest BCUT2D eigenvalue weighted by Crippen LogP contribution is 2.30. The van der Waals surface area contributed by atoms with Gasteiger partial charge in [0, 0.05) is 5.56 Å². The lowest BCUT2D eigenvalue weighted by Gasteiger charge is -2.09. The third-order valence-electron chi connectivity index (χ3n) is 3.63. The second-order valence-corrected chi connectivity index (χ2v) is 5.04. The van der Waals surface area contributed by atoms with Gasteiger partial charge in [0.2, 0.25) is 0 Å². The van der Waals surface area contributed by atoms with Crippen molar-refractivity contribution in [1.29, 1.82) is 0 Å². The average molecular weight is 296 g/mol. The Hall–Kier alpha value is -2.66. The Morgan fingerprint density at radius 2 is 2.14 bits per heavy atom. The average Bonchev–Trinajstić information content (AvgIpc) is 2.93. The minimum atomic E-state index is -0.385. The van der Waals surface area contributed by atoms with E-state index < -0.39 is 0 Å². The lowest BCUT2D eigenvalue weighted by Crippen LogP contribution is -2.01. The molecular weight excluding hydrogens is 280 g/mol. The van der Waals surface area contributed by atoms with Crippen LogP contribution in [0.25, 0.3) is 22.2 Å². The van der Waals surface area contributed by atoms with Crippen LogP contribution in [0.2, 0.25) is 0 Å². The highest BCUT2D eigenvalue weighted by molar-refractivity contribution is 5.92. The van der Waals surface area contributed by atoms with Gasteiger partial charge in [-0.15, -0.1) is 0 Å². The molecule has 0 aliphatic heterocycles. The van der Waals surface area contributed by atoms with Crippen molar-refractivity contribution >= 4 is 17.0 Å². The standard InChI is InChI=1S/C17H16N2O3/c1-10-18-15-7-6-13(14(9-20)16(15)19-10)11-4-3-5-12(8-11)17(21)22-2/h3-8,20H,9H2,1-2H3,(H,18,19). The number of aliphatic hydroxyl groups excluding tert-OH is 1. The number of methoxy groups -OCH3 is 1. The second-order valence-electron chi connectivity index (χ2n) is 5.04. The first-order chi connectivity index (χ1) is 10.6. The van der Waals surface area contributed by atoms with Crippen molar-refractivity contribution in [2.45, 2.75) is 13.5 Å². The van der Waals surface area contributed by atoms with E-state index in [4.69, 9.17) is 4.74 Å². The number of esters is 1. The number of hydrogen-bond acceptors (Lipinski definition) is 4. The fourth-order valence-electron chi connectivity index (χ4n) is 2.62. The van der Waals surface area contributed by atoms with Gasteiger partial charge in [-0.1, -0.05) is 18.2 Å². The van der Waals surface area contributed by atoms with Gasteiger partial charge in [-0.2, -0.15) is 0 Å². The van der Waals surface area contributed by atoms with Crippen LogP contribution in [0.15, 0.2) is 36.4 Å². The highest BCUT2D eigenvalue weighted by Gasteiger charge is 2.13. The number of aliphatic hydroxyl groups is 1. The molecule has 3 rings (SSSR count). The van der Waals surface area contributed by atoms with E-state index in [2.05, 4.69) is 9.97 Å². The Morgan fingerprint density at radius 3 is 2.86 bits per heavy atom. The van der Waals surface area contributed by atoms with E-state index in [1.54, 1.807) is 18.2 Å². The summed E-state index contributed by atoms with van der Waals surface area (Å²) in [6.45, 7) is 1.75. The van der Waals surface area contributed by atoms with Gasteiger partial charge in [-0.05, 0) is 36.2 Å². The third-order valence-corrected chi connectivity index (χ3v) is 3.63. The fraction of sp³-hybridized carbons (Fsp3) is 0.176. The van der Waals surface area contributed by atoms with Gasteiger partial charge >= 0.3 is 5.97 Å². The van der Waals surface area contributed by atoms with Gasteiger partial charge in [0.1, 0.15) is 5.82 Å². The third kappa shape index (κ3) is 2.35. The zero-order valence-electron chi connectivity index (χ0n) is 12.4. The number of imidazole rings is 1. The maximum absolute atomic E-state index is 11.7. The van der Waals surface area contributed by atoms with E-state index in [-0.39, 0.29) is 12.6 Å². The van der Waals surface area contributed by atoms with E-state index in [1.165, 1.54) is 7.11 Å². The van der Waals surface area contributed by atoms with Gasteiger partial charge in [0.25, 0.3) is 0 Å². The minimum absolute atomic E-state index is 0.126. The van der Waals surface area contributed by atoms with Gasteiger partial charge < -0.3 is 14.8 Å². The topological polar surface area (TPSA) is 75.2 Å². The van der Waals surface area contributed by atoms with Crippen molar-refractivity contribution < 1.29 is 14.6 Å². The van der Waals surface area contributed by atoms with Crippen LogP contribution in [0, 0.1) is 6.92 Å². The van der Waals surface area contributed by atoms with Crippen molar-refractivity contribution in [2.24, 2.45) is 0 Å². The van der Waals surface area contributed by atoms with Crippen molar-refractivity contribution in [1.82, 2.24) is 9.97 Å². The molecule has 0 spiro atoms. The zero-order valence-corrected chi connectivity index (χ0v) is 12.4. The summed E-state index contributed by atoms with van der Waals surface area (Å²) in [6.07, 6.45) is 0. The summed E-state index contributed by atoms with van der Waals surface area (Å²) < 4.78 is 4.75. The Bertz CT molecular complexity index is 852. The lowest BCUT2D eigenvalue weighted by molar-refractivity contribution is 0.0601. The number of nitrogens with zero attached hydrogens (tertiary/aromatic N) is 1. The van der Waals surface area contributed by atoms with Crippen molar-refractivity contribution in [3.05, 3.63) is 53.3 Å². The molecule has 0 atom stereocenters. The molecule has 0 aliphatic carbocycles. The molecule has 0 unspecified atom stereocenters. The maximum atomic E-state index is 11.7. The molecule has 1 aromatic heterocycles. The first kappa shape index (κ1) is 14.3. The lowest BCUT2D eigenvalue weighted by atomic mass is 9.97. The molecule has 5 heteroatoms. The summed E-state index contributed by atoms with van der Waals surface area (Å²) >= 11 is 0. The van der Waals surface area contributed by atoms with E-state index in [0.29, 0.717) is 5.56 Å². The Kier molecular flexibility index (Phi) is 3.65. The predicted octanol–water partition coefficient (Wildman–Crippen LogP) is 2.82. The number of ether oxygens (including phenoxy) is 1. The molecule has 0 saturated heterocycles. The molecule has 1 heterocycles. The fourth-order valence-corrected chi connectivity index (χ4v) is 2.62. The van der Waals surface area contributed by atoms with Crippen LogP contribution in [0.5, 0.6) is 0 Å². The first-order valence-electron chi connectivity index (χ1n) is 6.92. The van der Waals surface area contributed by atoms with Gasteiger partial charge in [-0.3, -0.25) is 0 Å². The van der Waals surface area contributed by atoms with Crippen LogP contribution in [-0.4, -0.2) is 28.2 Å². The molecule has 5 nitrogen and oxygen atoms in total. The van der Waals surface area contributed by atoms with E-state index >= 15 is 0 Å². The zero-order chi connectivity index (χ0) is 15.7. The monoisotopic (exact) mass is 296 g/mol. The first-order valence-corrected chi connectivity index (χ1v) is 6.92. The summed E-state index contributed by atoms with van der Waals surface area (Å²) in [7, 11) is 1.35. The number of aromatic nitrogens is 2. The largest absolute Gasteiger partial charge is 0.465 e. The van der Waals surface area contributed by atoms with Crippen LogP contribution in [0.1, 0.15) is 21.7 Å². The molecule has 0 saturated carbocycles. The number of nitrogens with one attached hydrogen (secondary N) is 1. The molecule has 0 amide bonds. The number of hydrogen-bond donors (Lipinski definition) is 2. The second kappa shape index (κ2) is 5.61. The number of fused-ring (bicyclic) bond motifs is 1. The SMILES string of the molecule is COC(=O)c1cccc(-c2ccc3[nH]c(C)nc3c2CO)c1. The summed E-state index contributed by atoms with van der Waals surface area (Å²) in [5.74, 6) is 0.411. The van der Waals surface area contributed by atoms with Gasteiger partial charge in [0.05, 0.1) is 30.3 Å². The molecule has 22 heavy (non-hydrogen) atoms. The minimum Gasteiger partial charge on any atom is -0.465 e. The van der Waals surface area contributed by atoms with E-state index in [1.807, 2.05) is 25.1 Å². The number of aromatic amines is 1. The van der Waals surface area contributed by atoms with Gasteiger partial charge in [-0.25, -0.2) is 9.78 Å². The molecule has 2 aromatic carbocycles. The molecule has 0 radical (unpaired) electrons. The van der Waals surface area contributed by atoms with Crippen LogP contribution in [0.3, 0.4) is 0 Å². The highest BCUT2D eigenvalue weighted by atomic mass is 16.5. The van der Waals surface area contributed by atoms with Crippen molar-refractivity contribution in [3.8, 4) is 11.1 Å². The van der Waals surface area contributed by atoms with Crippen LogP contribution in [-0.2, 0) is 11.3 Å². The number of carbonyl (C=O) groups is 1. The summed E-state index contributed by atoms with van der Waals surface area (Å²) in [4.78, 5) is 19.3. The van der Waals surface area contributed by atoms with E-state index in [0.717, 1.165) is 33.5 Å². The molecule has 0 aliphatic rings.